The summed E-state index contributed by atoms with van der Waals surface area (Å²) < 4.78 is 44.3. The van der Waals surface area contributed by atoms with Gasteiger partial charge in [-0.15, -0.1) is 0 Å². The number of alkyl halides is 3. The van der Waals surface area contributed by atoms with Gasteiger partial charge < -0.3 is 19.4 Å². The number of ether oxygens (including phenoxy) is 1. The summed E-state index contributed by atoms with van der Waals surface area (Å²) in [5.74, 6) is 1.90. The van der Waals surface area contributed by atoms with E-state index in [2.05, 4.69) is 19.8 Å². The monoisotopic (exact) mass is 408 g/mol. The molecule has 2 fully saturated rings. The third-order valence-corrected chi connectivity index (χ3v) is 5.12. The van der Waals surface area contributed by atoms with Gasteiger partial charge in [-0.2, -0.15) is 18.2 Å². The summed E-state index contributed by atoms with van der Waals surface area (Å²) in [5, 5.41) is 0. The van der Waals surface area contributed by atoms with Crippen molar-refractivity contribution in [1.82, 2.24) is 15.0 Å². The van der Waals surface area contributed by atoms with E-state index in [9.17, 15) is 13.2 Å². The van der Waals surface area contributed by atoms with Gasteiger partial charge in [0.15, 0.2) is 0 Å². The molecule has 0 spiro atoms. The molecule has 0 atom stereocenters. The Kier molecular flexibility index (Phi) is 5.44. The Bertz CT molecular complexity index is 848. The van der Waals surface area contributed by atoms with Crippen LogP contribution in [0.5, 0.6) is 0 Å². The first-order valence-corrected chi connectivity index (χ1v) is 9.62. The molecular formula is C19H23F3N6O. The topological polar surface area (TPSA) is 57.6 Å². The molecule has 156 valence electrons. The zero-order valence-electron chi connectivity index (χ0n) is 16.2. The largest absolute Gasteiger partial charge is 0.416 e. The molecule has 2 aromatic heterocycles. The van der Waals surface area contributed by atoms with Crippen LogP contribution in [0.2, 0.25) is 0 Å². The molecule has 0 N–H and O–H groups in total. The minimum absolute atomic E-state index is 0.354. The fourth-order valence-electron chi connectivity index (χ4n) is 3.54. The molecule has 0 aliphatic carbocycles. The Hall–Kier alpha value is -2.62. The number of piperazine rings is 1. The van der Waals surface area contributed by atoms with Crippen molar-refractivity contribution in [1.29, 1.82) is 0 Å². The number of hydrogen-bond acceptors (Lipinski definition) is 7. The number of aryl methyl sites for hydroxylation is 1. The number of nitrogens with zero attached hydrogens (tertiary/aromatic N) is 6. The first kappa shape index (κ1) is 19.7. The molecule has 0 bridgehead atoms. The third kappa shape index (κ3) is 4.52. The quantitative estimate of drug-likeness (QED) is 0.773. The van der Waals surface area contributed by atoms with Gasteiger partial charge in [-0.1, -0.05) is 0 Å². The van der Waals surface area contributed by atoms with Crippen LogP contribution in [0.25, 0.3) is 0 Å². The van der Waals surface area contributed by atoms with Gasteiger partial charge in [-0.05, 0) is 19.1 Å². The zero-order valence-corrected chi connectivity index (χ0v) is 16.2. The number of rotatable bonds is 3. The van der Waals surface area contributed by atoms with Crippen LogP contribution in [0.3, 0.4) is 0 Å². The van der Waals surface area contributed by atoms with Gasteiger partial charge in [-0.25, -0.2) is 9.97 Å². The van der Waals surface area contributed by atoms with Crippen molar-refractivity contribution >= 4 is 17.6 Å². The predicted molar refractivity (Wildman–Crippen MR) is 103 cm³/mol. The maximum atomic E-state index is 13.0. The van der Waals surface area contributed by atoms with Crippen molar-refractivity contribution in [2.24, 2.45) is 0 Å². The summed E-state index contributed by atoms with van der Waals surface area (Å²) in [6, 6.07) is 4.06. The molecule has 2 aromatic rings. The molecule has 29 heavy (non-hydrogen) atoms. The van der Waals surface area contributed by atoms with Crippen LogP contribution in [-0.2, 0) is 10.9 Å². The Balaban J connectivity index is 1.45. The first-order chi connectivity index (χ1) is 13.9. The van der Waals surface area contributed by atoms with Gasteiger partial charge in [-0.3, -0.25) is 0 Å². The van der Waals surface area contributed by atoms with Crippen molar-refractivity contribution in [3.05, 3.63) is 35.7 Å². The smallest absolute Gasteiger partial charge is 0.378 e. The number of halogens is 3. The highest BCUT2D eigenvalue weighted by Crippen LogP contribution is 2.31. The summed E-state index contributed by atoms with van der Waals surface area (Å²) in [5.41, 5.74) is 0.213. The molecule has 10 heteroatoms. The molecule has 2 saturated heterocycles. The molecule has 2 aliphatic rings. The lowest BCUT2D eigenvalue weighted by Crippen LogP contribution is -2.47. The van der Waals surface area contributed by atoms with Crippen molar-refractivity contribution in [3.8, 4) is 0 Å². The minimum atomic E-state index is -4.37. The van der Waals surface area contributed by atoms with Crippen molar-refractivity contribution < 1.29 is 17.9 Å². The predicted octanol–water partition coefficient (Wildman–Crippen LogP) is 2.36. The molecular weight excluding hydrogens is 385 g/mol. The van der Waals surface area contributed by atoms with E-state index in [1.165, 1.54) is 6.20 Å². The van der Waals surface area contributed by atoms with E-state index in [-0.39, 0.29) is 0 Å². The van der Waals surface area contributed by atoms with E-state index in [4.69, 9.17) is 9.72 Å². The highest BCUT2D eigenvalue weighted by molar-refractivity contribution is 5.49. The second kappa shape index (κ2) is 8.02. The molecule has 0 unspecified atom stereocenters. The fourth-order valence-corrected chi connectivity index (χ4v) is 3.54. The molecule has 0 saturated carbocycles. The summed E-state index contributed by atoms with van der Waals surface area (Å²) in [7, 11) is 0. The first-order valence-electron chi connectivity index (χ1n) is 9.62. The molecule has 0 radical (unpaired) electrons. The van der Waals surface area contributed by atoms with E-state index in [1.807, 2.05) is 17.9 Å². The molecule has 0 aromatic carbocycles. The van der Waals surface area contributed by atoms with Gasteiger partial charge in [0.25, 0.3) is 0 Å². The standard InChI is InChI=1S/C19H23F3N6O/c1-14-12-17(25-18(24-14)28-8-10-29-11-9-28)27-6-4-26(5-7-27)16-13-15(2-3-23-16)19(20,21)22/h2-3,12-13H,4-11H2,1H3. The summed E-state index contributed by atoms with van der Waals surface area (Å²) in [6.45, 7) is 7.24. The Morgan fingerprint density at radius 2 is 1.52 bits per heavy atom. The van der Waals surface area contributed by atoms with Gasteiger partial charge in [0.1, 0.15) is 11.6 Å². The summed E-state index contributed by atoms with van der Waals surface area (Å²) in [6.07, 6.45) is -3.15. The van der Waals surface area contributed by atoms with Crippen LogP contribution >= 0.6 is 0 Å². The van der Waals surface area contributed by atoms with Crippen LogP contribution < -0.4 is 14.7 Å². The number of aromatic nitrogens is 3. The fraction of sp³-hybridized carbons (Fsp3) is 0.526. The highest BCUT2D eigenvalue weighted by Gasteiger charge is 2.31. The van der Waals surface area contributed by atoms with Gasteiger partial charge in [0.05, 0.1) is 18.8 Å². The minimum Gasteiger partial charge on any atom is -0.378 e. The third-order valence-electron chi connectivity index (χ3n) is 5.12. The molecule has 2 aliphatic heterocycles. The lowest BCUT2D eigenvalue weighted by atomic mass is 10.2. The summed E-state index contributed by atoms with van der Waals surface area (Å²) in [4.78, 5) is 19.5. The normalized spacial score (nSPS) is 18.3. The van der Waals surface area contributed by atoms with Crippen LogP contribution in [0.15, 0.2) is 24.4 Å². The van der Waals surface area contributed by atoms with Gasteiger partial charge >= 0.3 is 6.18 Å². The lowest BCUT2D eigenvalue weighted by molar-refractivity contribution is -0.137. The number of hydrogen-bond donors (Lipinski definition) is 0. The highest BCUT2D eigenvalue weighted by atomic mass is 19.4. The van der Waals surface area contributed by atoms with Crippen molar-refractivity contribution in [2.75, 3.05) is 67.2 Å². The van der Waals surface area contributed by atoms with E-state index in [0.29, 0.717) is 51.2 Å². The molecule has 4 rings (SSSR count). The molecule has 0 amide bonds. The second-order valence-corrected chi connectivity index (χ2v) is 7.14. The van der Waals surface area contributed by atoms with Gasteiger partial charge in [0, 0.05) is 57.2 Å². The Morgan fingerprint density at radius 1 is 0.862 bits per heavy atom. The Morgan fingerprint density at radius 3 is 2.17 bits per heavy atom. The van der Waals surface area contributed by atoms with E-state index in [1.54, 1.807) is 0 Å². The van der Waals surface area contributed by atoms with Gasteiger partial charge in [0.2, 0.25) is 5.95 Å². The molecule has 4 heterocycles. The zero-order chi connectivity index (χ0) is 20.4. The van der Waals surface area contributed by atoms with Crippen LogP contribution in [0.4, 0.5) is 30.8 Å². The average molecular weight is 408 g/mol. The average Bonchev–Trinajstić information content (AvgIpc) is 2.73. The van der Waals surface area contributed by atoms with E-state index < -0.39 is 11.7 Å². The molecule has 7 nitrogen and oxygen atoms in total. The number of morpholine rings is 1. The van der Waals surface area contributed by atoms with E-state index in [0.717, 1.165) is 36.7 Å². The van der Waals surface area contributed by atoms with Crippen molar-refractivity contribution in [2.45, 2.75) is 13.1 Å². The van der Waals surface area contributed by atoms with Crippen LogP contribution in [-0.4, -0.2) is 67.4 Å². The number of anilines is 3. The Labute approximate surface area is 167 Å². The lowest BCUT2D eigenvalue weighted by Gasteiger charge is -2.36. The van der Waals surface area contributed by atoms with Crippen LogP contribution in [0.1, 0.15) is 11.3 Å². The van der Waals surface area contributed by atoms with Crippen molar-refractivity contribution in [3.63, 3.8) is 0 Å². The summed E-state index contributed by atoms with van der Waals surface area (Å²) >= 11 is 0. The maximum Gasteiger partial charge on any atom is 0.416 e. The number of pyridine rings is 1. The maximum absolute atomic E-state index is 13.0. The van der Waals surface area contributed by atoms with E-state index >= 15 is 0 Å². The second-order valence-electron chi connectivity index (χ2n) is 7.14. The van der Waals surface area contributed by atoms with Crippen LogP contribution in [0, 0.1) is 6.92 Å². The SMILES string of the molecule is Cc1cc(N2CCN(c3cc(C(F)(F)F)ccn3)CC2)nc(N2CCOCC2)n1.